The summed E-state index contributed by atoms with van der Waals surface area (Å²) in [7, 11) is 0. The van der Waals surface area contributed by atoms with Gasteiger partial charge in [-0.1, -0.05) is 12.1 Å². The normalized spacial score (nSPS) is 26.1. The standard InChI is InChI=1S/C14H19FN2/c15-12-3-1-11(2-4-12)14(6-7-14)10-17-13-5-8-16-9-13/h1-4,13,16-17H,5-10H2. The van der Waals surface area contributed by atoms with Crippen LogP contribution in [0.25, 0.3) is 0 Å². The highest BCUT2D eigenvalue weighted by molar-refractivity contribution is 5.32. The van der Waals surface area contributed by atoms with Crippen molar-refractivity contribution in [2.24, 2.45) is 0 Å². The molecule has 1 saturated carbocycles. The highest BCUT2D eigenvalue weighted by Crippen LogP contribution is 2.47. The fraction of sp³-hybridized carbons (Fsp3) is 0.571. The first kappa shape index (κ1) is 11.2. The van der Waals surface area contributed by atoms with Gasteiger partial charge in [0, 0.05) is 24.5 Å². The maximum absolute atomic E-state index is 12.9. The van der Waals surface area contributed by atoms with E-state index in [1.807, 2.05) is 12.1 Å². The number of benzene rings is 1. The molecule has 1 unspecified atom stereocenters. The van der Waals surface area contributed by atoms with Crippen LogP contribution in [-0.4, -0.2) is 25.7 Å². The summed E-state index contributed by atoms with van der Waals surface area (Å²) >= 11 is 0. The lowest BCUT2D eigenvalue weighted by atomic mass is 9.95. The van der Waals surface area contributed by atoms with E-state index < -0.39 is 0 Å². The summed E-state index contributed by atoms with van der Waals surface area (Å²) in [4.78, 5) is 0. The smallest absolute Gasteiger partial charge is 0.123 e. The lowest BCUT2D eigenvalue weighted by Crippen LogP contribution is -2.37. The van der Waals surface area contributed by atoms with Crippen molar-refractivity contribution in [2.45, 2.75) is 30.7 Å². The molecule has 17 heavy (non-hydrogen) atoms. The van der Waals surface area contributed by atoms with E-state index >= 15 is 0 Å². The zero-order chi connectivity index (χ0) is 11.7. The molecule has 1 heterocycles. The molecule has 0 spiro atoms. The molecule has 1 aromatic carbocycles. The van der Waals surface area contributed by atoms with Gasteiger partial charge in [0.05, 0.1) is 0 Å². The maximum Gasteiger partial charge on any atom is 0.123 e. The summed E-state index contributed by atoms with van der Waals surface area (Å²) in [6, 6.07) is 7.65. The molecule has 1 aliphatic heterocycles. The summed E-state index contributed by atoms with van der Waals surface area (Å²) in [5.74, 6) is -0.141. The zero-order valence-corrected chi connectivity index (χ0v) is 10.0. The van der Waals surface area contributed by atoms with E-state index in [2.05, 4.69) is 10.6 Å². The number of hydrogen-bond acceptors (Lipinski definition) is 2. The summed E-state index contributed by atoms with van der Waals surface area (Å²) in [5, 5.41) is 7.01. The molecule has 3 rings (SSSR count). The highest BCUT2D eigenvalue weighted by Gasteiger charge is 2.44. The lowest BCUT2D eigenvalue weighted by molar-refractivity contribution is 0.495. The fourth-order valence-electron chi connectivity index (χ4n) is 2.69. The van der Waals surface area contributed by atoms with E-state index in [0.717, 1.165) is 19.6 Å². The number of nitrogens with one attached hydrogen (secondary N) is 2. The van der Waals surface area contributed by atoms with E-state index in [4.69, 9.17) is 0 Å². The van der Waals surface area contributed by atoms with Gasteiger partial charge in [-0.25, -0.2) is 4.39 Å². The zero-order valence-electron chi connectivity index (χ0n) is 10.0. The van der Waals surface area contributed by atoms with Crippen molar-refractivity contribution in [3.8, 4) is 0 Å². The van der Waals surface area contributed by atoms with Gasteiger partial charge in [0.1, 0.15) is 5.82 Å². The topological polar surface area (TPSA) is 24.1 Å². The molecule has 92 valence electrons. The van der Waals surface area contributed by atoms with Crippen molar-refractivity contribution in [1.29, 1.82) is 0 Å². The minimum absolute atomic E-state index is 0.141. The van der Waals surface area contributed by atoms with Gasteiger partial charge in [0.15, 0.2) is 0 Å². The van der Waals surface area contributed by atoms with Crippen LogP contribution in [0.2, 0.25) is 0 Å². The van der Waals surface area contributed by atoms with Crippen LogP contribution in [0, 0.1) is 5.82 Å². The Hall–Kier alpha value is -0.930. The van der Waals surface area contributed by atoms with Crippen LogP contribution in [0.15, 0.2) is 24.3 Å². The van der Waals surface area contributed by atoms with Gasteiger partial charge in [0.25, 0.3) is 0 Å². The van der Waals surface area contributed by atoms with E-state index in [0.29, 0.717) is 6.04 Å². The summed E-state index contributed by atoms with van der Waals surface area (Å²) in [6.45, 7) is 3.24. The Kier molecular flexibility index (Phi) is 2.89. The predicted molar refractivity (Wildman–Crippen MR) is 66.6 cm³/mol. The molecule has 0 aromatic heterocycles. The number of rotatable bonds is 4. The number of hydrogen-bond donors (Lipinski definition) is 2. The molecular formula is C14H19FN2. The van der Waals surface area contributed by atoms with Gasteiger partial charge in [-0.05, 0) is 43.5 Å². The van der Waals surface area contributed by atoms with Gasteiger partial charge in [0.2, 0.25) is 0 Å². The van der Waals surface area contributed by atoms with Gasteiger partial charge < -0.3 is 10.6 Å². The first-order valence-electron chi connectivity index (χ1n) is 6.49. The Labute approximate surface area is 102 Å². The van der Waals surface area contributed by atoms with Gasteiger partial charge in [-0.15, -0.1) is 0 Å². The SMILES string of the molecule is Fc1ccc(C2(CNC3CCNC3)CC2)cc1. The summed E-state index contributed by atoms with van der Waals surface area (Å²) in [5.41, 5.74) is 1.58. The highest BCUT2D eigenvalue weighted by atomic mass is 19.1. The first-order chi connectivity index (χ1) is 8.28. The average Bonchev–Trinajstić information content (AvgIpc) is 2.95. The van der Waals surface area contributed by atoms with Crippen LogP contribution in [0.5, 0.6) is 0 Å². The summed E-state index contributed by atoms with van der Waals surface area (Å²) < 4.78 is 12.9. The molecule has 1 saturated heterocycles. The van der Waals surface area contributed by atoms with Crippen molar-refractivity contribution < 1.29 is 4.39 Å². The van der Waals surface area contributed by atoms with Crippen molar-refractivity contribution in [3.63, 3.8) is 0 Å². The Balaban J connectivity index is 1.63. The van der Waals surface area contributed by atoms with Crippen LogP contribution in [0.4, 0.5) is 4.39 Å². The third kappa shape index (κ3) is 2.35. The molecule has 1 atom stereocenters. The monoisotopic (exact) mass is 234 g/mol. The van der Waals surface area contributed by atoms with Gasteiger partial charge in [-0.2, -0.15) is 0 Å². The lowest BCUT2D eigenvalue weighted by Gasteiger charge is -2.19. The Morgan fingerprint density at radius 3 is 2.65 bits per heavy atom. The van der Waals surface area contributed by atoms with Crippen LogP contribution >= 0.6 is 0 Å². The number of halogens is 1. The molecular weight excluding hydrogens is 215 g/mol. The van der Waals surface area contributed by atoms with Gasteiger partial charge in [-0.3, -0.25) is 0 Å². The molecule has 1 aliphatic carbocycles. The van der Waals surface area contributed by atoms with Crippen LogP contribution < -0.4 is 10.6 Å². The molecule has 0 radical (unpaired) electrons. The second kappa shape index (κ2) is 4.39. The Morgan fingerprint density at radius 2 is 2.06 bits per heavy atom. The molecule has 3 heteroatoms. The van der Waals surface area contributed by atoms with Crippen molar-refractivity contribution in [1.82, 2.24) is 10.6 Å². The second-order valence-corrected chi connectivity index (χ2v) is 5.36. The van der Waals surface area contributed by atoms with Crippen molar-refractivity contribution in [2.75, 3.05) is 19.6 Å². The molecule has 1 aromatic rings. The van der Waals surface area contributed by atoms with E-state index in [-0.39, 0.29) is 11.2 Å². The van der Waals surface area contributed by atoms with E-state index in [9.17, 15) is 4.39 Å². The molecule has 0 amide bonds. The Morgan fingerprint density at radius 1 is 1.29 bits per heavy atom. The van der Waals surface area contributed by atoms with E-state index in [1.54, 1.807) is 12.1 Å². The molecule has 0 bridgehead atoms. The fourth-order valence-corrected chi connectivity index (χ4v) is 2.69. The quantitative estimate of drug-likeness (QED) is 0.830. The van der Waals surface area contributed by atoms with Gasteiger partial charge >= 0.3 is 0 Å². The molecule has 2 N–H and O–H groups in total. The van der Waals surface area contributed by atoms with Crippen molar-refractivity contribution in [3.05, 3.63) is 35.6 Å². The van der Waals surface area contributed by atoms with Crippen molar-refractivity contribution >= 4 is 0 Å². The predicted octanol–water partition coefficient (Wildman–Crippen LogP) is 1.81. The second-order valence-electron chi connectivity index (χ2n) is 5.36. The molecule has 2 nitrogen and oxygen atoms in total. The van der Waals surface area contributed by atoms with Crippen LogP contribution in [-0.2, 0) is 5.41 Å². The molecule has 2 fully saturated rings. The van der Waals surface area contributed by atoms with E-state index in [1.165, 1.54) is 24.8 Å². The Bertz CT molecular complexity index is 378. The average molecular weight is 234 g/mol. The third-order valence-electron chi connectivity index (χ3n) is 4.10. The summed E-state index contributed by atoms with van der Waals surface area (Å²) in [6.07, 6.45) is 3.68. The largest absolute Gasteiger partial charge is 0.315 e. The van der Waals surface area contributed by atoms with Crippen LogP contribution in [0.1, 0.15) is 24.8 Å². The third-order valence-corrected chi connectivity index (χ3v) is 4.10. The maximum atomic E-state index is 12.9. The first-order valence-corrected chi connectivity index (χ1v) is 6.49. The minimum atomic E-state index is -0.141. The minimum Gasteiger partial charge on any atom is -0.315 e. The molecule has 2 aliphatic rings. The van der Waals surface area contributed by atoms with Crippen LogP contribution in [0.3, 0.4) is 0 Å².